The lowest BCUT2D eigenvalue weighted by molar-refractivity contribution is -0.149. The van der Waals surface area contributed by atoms with E-state index in [1.54, 1.807) is 26.0 Å². The maximum absolute atomic E-state index is 12.0. The van der Waals surface area contributed by atoms with Crippen molar-refractivity contribution in [3.8, 4) is 0 Å². The first-order valence-corrected chi connectivity index (χ1v) is 6.77. The van der Waals surface area contributed by atoms with Gasteiger partial charge in [-0.25, -0.2) is 0 Å². The van der Waals surface area contributed by atoms with Gasteiger partial charge in [0.15, 0.2) is 0 Å². The summed E-state index contributed by atoms with van der Waals surface area (Å²) in [4.78, 5) is 36.4. The van der Waals surface area contributed by atoms with Crippen LogP contribution in [-0.4, -0.2) is 34.7 Å². The number of hydrogen-bond donors (Lipinski definition) is 0. The van der Waals surface area contributed by atoms with Crippen molar-refractivity contribution in [1.29, 1.82) is 0 Å². The lowest BCUT2D eigenvalue weighted by Gasteiger charge is -2.13. The van der Waals surface area contributed by atoms with Gasteiger partial charge in [0.25, 0.3) is 11.1 Å². The van der Waals surface area contributed by atoms with Crippen LogP contribution in [-0.2, 0) is 14.3 Å². The van der Waals surface area contributed by atoms with Gasteiger partial charge < -0.3 is 9.15 Å². The fourth-order valence-corrected chi connectivity index (χ4v) is 2.39. The zero-order chi connectivity index (χ0) is 14.7. The number of amides is 2. The average molecular weight is 295 g/mol. The number of carbonyl (C=O) groups excluding carboxylic acids is 3. The van der Waals surface area contributed by atoms with Crippen molar-refractivity contribution >= 4 is 35.0 Å². The SMILES string of the molecule is CC(C)OC(=O)CN1C(=O)S/C(=C/c2ccco2)C1=O. The molecule has 1 saturated heterocycles. The predicted octanol–water partition coefficient (Wildman–Crippen LogP) is 2.27. The topological polar surface area (TPSA) is 76.8 Å². The lowest BCUT2D eigenvalue weighted by Crippen LogP contribution is -2.35. The molecule has 1 fully saturated rings. The molecular formula is C13H13NO5S. The molecular weight excluding hydrogens is 282 g/mol. The van der Waals surface area contributed by atoms with Gasteiger partial charge in [-0.05, 0) is 37.7 Å². The van der Waals surface area contributed by atoms with Gasteiger partial charge in [-0.15, -0.1) is 0 Å². The Hall–Kier alpha value is -2.02. The van der Waals surface area contributed by atoms with E-state index >= 15 is 0 Å². The molecule has 2 rings (SSSR count). The Morgan fingerprint density at radius 1 is 1.50 bits per heavy atom. The summed E-state index contributed by atoms with van der Waals surface area (Å²) < 4.78 is 10.0. The smallest absolute Gasteiger partial charge is 0.326 e. The quantitative estimate of drug-likeness (QED) is 0.626. The van der Waals surface area contributed by atoms with E-state index in [2.05, 4.69) is 0 Å². The van der Waals surface area contributed by atoms with Gasteiger partial charge in [0.05, 0.1) is 17.3 Å². The average Bonchev–Trinajstić information content (AvgIpc) is 2.93. The second-order valence-electron chi connectivity index (χ2n) is 4.32. The maximum Gasteiger partial charge on any atom is 0.326 e. The molecule has 0 atom stereocenters. The van der Waals surface area contributed by atoms with Crippen LogP contribution >= 0.6 is 11.8 Å². The summed E-state index contributed by atoms with van der Waals surface area (Å²) in [5, 5.41) is -0.492. The Kier molecular flexibility index (Phi) is 4.29. The van der Waals surface area contributed by atoms with Crippen molar-refractivity contribution in [1.82, 2.24) is 4.90 Å². The Bertz CT molecular complexity index is 561. The van der Waals surface area contributed by atoms with E-state index < -0.39 is 17.1 Å². The highest BCUT2D eigenvalue weighted by Crippen LogP contribution is 2.32. The van der Waals surface area contributed by atoms with Crippen LogP contribution in [0.1, 0.15) is 19.6 Å². The van der Waals surface area contributed by atoms with Crippen LogP contribution in [0.2, 0.25) is 0 Å². The standard InChI is InChI=1S/C13H13NO5S/c1-8(2)19-11(15)7-14-12(16)10(20-13(14)17)6-9-4-3-5-18-9/h3-6,8H,7H2,1-2H3/b10-6+. The van der Waals surface area contributed by atoms with Crippen molar-refractivity contribution in [2.75, 3.05) is 6.54 Å². The molecule has 106 valence electrons. The zero-order valence-corrected chi connectivity index (χ0v) is 11.8. The fraction of sp³-hybridized carbons (Fsp3) is 0.308. The second kappa shape index (κ2) is 5.96. The maximum atomic E-state index is 12.0. The first-order chi connectivity index (χ1) is 9.47. The van der Waals surface area contributed by atoms with Gasteiger partial charge in [0, 0.05) is 6.08 Å². The number of ether oxygens (including phenoxy) is 1. The number of thioether (sulfide) groups is 1. The first kappa shape index (κ1) is 14.4. The predicted molar refractivity (Wildman–Crippen MR) is 72.6 cm³/mol. The molecule has 1 aliphatic rings. The van der Waals surface area contributed by atoms with E-state index in [0.29, 0.717) is 5.76 Å². The molecule has 0 spiro atoms. The molecule has 0 saturated carbocycles. The van der Waals surface area contributed by atoms with Crippen LogP contribution in [0.25, 0.3) is 6.08 Å². The Balaban J connectivity index is 2.07. The molecule has 0 bridgehead atoms. The zero-order valence-electron chi connectivity index (χ0n) is 11.0. The van der Waals surface area contributed by atoms with Gasteiger partial charge in [0.2, 0.25) is 0 Å². The lowest BCUT2D eigenvalue weighted by atomic mass is 10.3. The van der Waals surface area contributed by atoms with Crippen LogP contribution in [0.3, 0.4) is 0 Å². The monoisotopic (exact) mass is 295 g/mol. The Morgan fingerprint density at radius 3 is 2.85 bits per heavy atom. The third-order valence-corrected chi connectivity index (χ3v) is 3.25. The molecule has 1 aromatic heterocycles. The highest BCUT2D eigenvalue weighted by Gasteiger charge is 2.36. The molecule has 0 unspecified atom stereocenters. The van der Waals surface area contributed by atoms with Crippen LogP contribution in [0.15, 0.2) is 27.7 Å². The summed E-state index contributed by atoms with van der Waals surface area (Å²) in [6.45, 7) is 3.02. The summed E-state index contributed by atoms with van der Waals surface area (Å²) in [6, 6.07) is 3.34. The number of imide groups is 1. The van der Waals surface area contributed by atoms with Crippen LogP contribution in [0.4, 0.5) is 4.79 Å². The molecule has 0 aromatic carbocycles. The fourth-order valence-electron chi connectivity index (χ4n) is 1.57. The minimum atomic E-state index is -0.610. The summed E-state index contributed by atoms with van der Waals surface area (Å²) >= 11 is 0.772. The largest absolute Gasteiger partial charge is 0.465 e. The highest BCUT2D eigenvalue weighted by molar-refractivity contribution is 8.18. The Labute approximate surface area is 119 Å². The summed E-state index contributed by atoms with van der Waals surface area (Å²) in [5.74, 6) is -0.654. The Morgan fingerprint density at radius 2 is 2.25 bits per heavy atom. The van der Waals surface area contributed by atoms with Crippen LogP contribution in [0.5, 0.6) is 0 Å². The first-order valence-electron chi connectivity index (χ1n) is 5.95. The summed E-state index contributed by atoms with van der Waals surface area (Å²) in [7, 11) is 0. The molecule has 0 radical (unpaired) electrons. The van der Waals surface area contributed by atoms with Gasteiger partial charge in [0.1, 0.15) is 12.3 Å². The number of esters is 1. The third kappa shape index (κ3) is 3.30. The van der Waals surface area contributed by atoms with E-state index in [4.69, 9.17) is 9.15 Å². The molecule has 1 aliphatic heterocycles. The molecule has 0 aliphatic carbocycles. The molecule has 2 heterocycles. The van der Waals surface area contributed by atoms with Gasteiger partial charge in [-0.3, -0.25) is 19.3 Å². The second-order valence-corrected chi connectivity index (χ2v) is 5.32. The van der Waals surface area contributed by atoms with Gasteiger partial charge in [-0.2, -0.15) is 0 Å². The van der Waals surface area contributed by atoms with E-state index in [-0.39, 0.29) is 17.6 Å². The van der Waals surface area contributed by atoms with Crippen LogP contribution < -0.4 is 0 Å². The van der Waals surface area contributed by atoms with Crippen molar-refractivity contribution in [2.24, 2.45) is 0 Å². The van der Waals surface area contributed by atoms with E-state index in [1.165, 1.54) is 12.3 Å². The number of nitrogens with zero attached hydrogens (tertiary/aromatic N) is 1. The number of hydrogen-bond acceptors (Lipinski definition) is 6. The molecule has 0 N–H and O–H groups in total. The third-order valence-electron chi connectivity index (χ3n) is 2.34. The van der Waals surface area contributed by atoms with Crippen LogP contribution in [0, 0.1) is 0 Å². The van der Waals surface area contributed by atoms with E-state index in [1.807, 2.05) is 0 Å². The minimum Gasteiger partial charge on any atom is -0.465 e. The van der Waals surface area contributed by atoms with Crippen molar-refractivity contribution < 1.29 is 23.5 Å². The number of furan rings is 1. The highest BCUT2D eigenvalue weighted by atomic mass is 32.2. The minimum absolute atomic E-state index is 0.224. The van der Waals surface area contributed by atoms with Crippen molar-refractivity contribution in [3.05, 3.63) is 29.1 Å². The van der Waals surface area contributed by atoms with Gasteiger partial charge >= 0.3 is 5.97 Å². The molecule has 20 heavy (non-hydrogen) atoms. The summed E-state index contributed by atoms with van der Waals surface area (Å²) in [6.07, 6.45) is 2.65. The molecule has 2 amide bonds. The van der Waals surface area contributed by atoms with Gasteiger partial charge in [-0.1, -0.05) is 0 Å². The van der Waals surface area contributed by atoms with E-state index in [0.717, 1.165) is 16.7 Å². The van der Waals surface area contributed by atoms with Crippen molar-refractivity contribution in [3.63, 3.8) is 0 Å². The molecule has 7 heteroatoms. The number of carbonyl (C=O) groups is 3. The summed E-state index contributed by atoms with van der Waals surface area (Å²) in [5.41, 5.74) is 0. The number of rotatable bonds is 4. The normalized spacial score (nSPS) is 17.4. The molecule has 1 aromatic rings. The van der Waals surface area contributed by atoms with E-state index in [9.17, 15) is 14.4 Å². The molecule has 6 nitrogen and oxygen atoms in total. The van der Waals surface area contributed by atoms with Crippen molar-refractivity contribution in [2.45, 2.75) is 20.0 Å².